The highest BCUT2D eigenvalue weighted by atomic mass is 16.5. The van der Waals surface area contributed by atoms with Crippen molar-refractivity contribution >= 4 is 22.6 Å². The highest BCUT2D eigenvalue weighted by Crippen LogP contribution is 2.15. The van der Waals surface area contributed by atoms with E-state index in [1.807, 2.05) is 43.1 Å². The second-order valence-electron chi connectivity index (χ2n) is 6.14. The van der Waals surface area contributed by atoms with Crippen LogP contribution in [0.25, 0.3) is 11.0 Å². The quantitative estimate of drug-likeness (QED) is 0.607. The summed E-state index contributed by atoms with van der Waals surface area (Å²) in [5.41, 5.74) is 2.86. The lowest BCUT2D eigenvalue weighted by Crippen LogP contribution is -2.29. The summed E-state index contributed by atoms with van der Waals surface area (Å²) in [6, 6.07) is 13.1. The first kappa shape index (κ1) is 17.8. The second-order valence-corrected chi connectivity index (χ2v) is 6.14. The van der Waals surface area contributed by atoms with Gasteiger partial charge in [-0.25, -0.2) is 4.79 Å². The van der Waals surface area contributed by atoms with E-state index in [1.54, 1.807) is 18.2 Å². The molecule has 0 aliphatic rings. The van der Waals surface area contributed by atoms with E-state index in [-0.39, 0.29) is 18.1 Å². The van der Waals surface area contributed by atoms with Gasteiger partial charge in [-0.15, -0.1) is 0 Å². The van der Waals surface area contributed by atoms with Crippen molar-refractivity contribution < 1.29 is 9.53 Å². The number of aromatic nitrogens is 2. The molecule has 1 aromatic heterocycles. The van der Waals surface area contributed by atoms with Crippen molar-refractivity contribution in [2.75, 3.05) is 25.5 Å². The summed E-state index contributed by atoms with van der Waals surface area (Å²) in [7, 11) is 1.89. The number of fused-ring (bicyclic) bond motifs is 1. The van der Waals surface area contributed by atoms with E-state index in [0.717, 1.165) is 11.3 Å². The summed E-state index contributed by atoms with van der Waals surface area (Å²) in [4.78, 5) is 30.8. The fourth-order valence-corrected chi connectivity index (χ4v) is 2.78. The lowest BCUT2D eigenvalue weighted by molar-refractivity contribution is -0.117. The fraction of sp³-hybridized carbons (Fsp3) is 0.263. The minimum absolute atomic E-state index is 0.115. The molecule has 0 aliphatic carbocycles. The third-order valence-electron chi connectivity index (χ3n) is 3.90. The number of carbonyl (C=O) groups is 1. The maximum Gasteiger partial charge on any atom is 0.323 e. The molecular weight excluding hydrogens is 332 g/mol. The maximum absolute atomic E-state index is 12.2. The highest BCUT2D eigenvalue weighted by molar-refractivity contribution is 5.94. The standard InChI is InChI=1S/C19H22N4O3/c1-3-26-15-7-4-13(5-8-15)11-23(2)12-18(24)20-14-6-9-16-17(10-14)22-19(25)21-16/h4-10H,3,11-12H2,1-2H3,(H,20,24)(H2,21,22,25). The number of H-pyrrole nitrogens is 2. The summed E-state index contributed by atoms with van der Waals surface area (Å²) in [5.74, 6) is 0.727. The zero-order valence-electron chi connectivity index (χ0n) is 14.8. The monoisotopic (exact) mass is 354 g/mol. The van der Waals surface area contributed by atoms with Gasteiger partial charge in [-0.2, -0.15) is 0 Å². The molecule has 0 fully saturated rings. The van der Waals surface area contributed by atoms with Gasteiger partial charge in [0.15, 0.2) is 0 Å². The lowest BCUT2D eigenvalue weighted by atomic mass is 10.2. The Labute approximate surface area is 151 Å². The van der Waals surface area contributed by atoms with Gasteiger partial charge in [0.1, 0.15) is 5.75 Å². The van der Waals surface area contributed by atoms with Crippen molar-refractivity contribution in [3.05, 3.63) is 58.5 Å². The number of likely N-dealkylation sites (N-methyl/N-ethyl adjacent to an activating group) is 1. The molecule has 7 nitrogen and oxygen atoms in total. The van der Waals surface area contributed by atoms with Crippen LogP contribution in [0.15, 0.2) is 47.3 Å². The van der Waals surface area contributed by atoms with Crippen molar-refractivity contribution in [1.82, 2.24) is 14.9 Å². The van der Waals surface area contributed by atoms with Gasteiger partial charge in [0, 0.05) is 12.2 Å². The van der Waals surface area contributed by atoms with E-state index in [9.17, 15) is 9.59 Å². The fourth-order valence-electron chi connectivity index (χ4n) is 2.78. The van der Waals surface area contributed by atoms with Crippen molar-refractivity contribution in [3.63, 3.8) is 0 Å². The molecular formula is C19H22N4O3. The third-order valence-corrected chi connectivity index (χ3v) is 3.90. The molecule has 1 heterocycles. The smallest absolute Gasteiger partial charge is 0.323 e. The van der Waals surface area contributed by atoms with Crippen LogP contribution in [0.1, 0.15) is 12.5 Å². The molecule has 1 amide bonds. The Morgan fingerprint density at radius 2 is 1.85 bits per heavy atom. The van der Waals surface area contributed by atoms with Crippen LogP contribution in [0, 0.1) is 0 Å². The molecule has 0 unspecified atom stereocenters. The van der Waals surface area contributed by atoms with Gasteiger partial charge in [-0.05, 0) is 49.9 Å². The van der Waals surface area contributed by atoms with Crippen LogP contribution in [0.4, 0.5) is 5.69 Å². The van der Waals surface area contributed by atoms with Crippen molar-refractivity contribution in [1.29, 1.82) is 0 Å². The summed E-state index contributed by atoms with van der Waals surface area (Å²) in [5, 5.41) is 2.85. The molecule has 0 saturated carbocycles. The number of hydrogen-bond acceptors (Lipinski definition) is 4. The normalized spacial score (nSPS) is 11.0. The molecule has 0 atom stereocenters. The Balaban J connectivity index is 1.55. The van der Waals surface area contributed by atoms with Gasteiger partial charge >= 0.3 is 5.69 Å². The number of anilines is 1. The Morgan fingerprint density at radius 3 is 2.58 bits per heavy atom. The number of aromatic amines is 2. The zero-order chi connectivity index (χ0) is 18.5. The second kappa shape index (κ2) is 7.88. The SMILES string of the molecule is CCOc1ccc(CN(C)CC(=O)Nc2ccc3[nH]c(=O)[nH]c3c2)cc1. The van der Waals surface area contributed by atoms with E-state index in [0.29, 0.717) is 29.9 Å². The topological polar surface area (TPSA) is 90.2 Å². The summed E-state index contributed by atoms with van der Waals surface area (Å²) >= 11 is 0. The Bertz CT molecular complexity index is 943. The van der Waals surface area contributed by atoms with E-state index in [2.05, 4.69) is 15.3 Å². The molecule has 26 heavy (non-hydrogen) atoms. The number of hydrogen-bond donors (Lipinski definition) is 3. The minimum Gasteiger partial charge on any atom is -0.494 e. The molecule has 0 aliphatic heterocycles. The Kier molecular flexibility index (Phi) is 5.38. The molecule has 3 N–H and O–H groups in total. The van der Waals surface area contributed by atoms with E-state index < -0.39 is 0 Å². The molecule has 7 heteroatoms. The first-order valence-corrected chi connectivity index (χ1v) is 8.45. The van der Waals surface area contributed by atoms with Gasteiger partial charge < -0.3 is 20.0 Å². The van der Waals surface area contributed by atoms with Gasteiger partial charge in [0.25, 0.3) is 0 Å². The first-order valence-electron chi connectivity index (χ1n) is 8.45. The number of rotatable bonds is 7. The number of imidazole rings is 1. The zero-order valence-corrected chi connectivity index (χ0v) is 14.8. The van der Waals surface area contributed by atoms with Gasteiger partial charge in [0.05, 0.1) is 24.2 Å². The van der Waals surface area contributed by atoms with Crippen LogP contribution in [-0.2, 0) is 11.3 Å². The summed E-state index contributed by atoms with van der Waals surface area (Å²) in [6.07, 6.45) is 0. The number of carbonyl (C=O) groups excluding carboxylic acids is 1. The summed E-state index contributed by atoms with van der Waals surface area (Å²) < 4.78 is 5.43. The lowest BCUT2D eigenvalue weighted by Gasteiger charge is -2.16. The molecule has 3 rings (SSSR count). The molecule has 0 bridgehead atoms. The predicted molar refractivity (Wildman–Crippen MR) is 101 cm³/mol. The van der Waals surface area contributed by atoms with E-state index in [1.165, 1.54) is 0 Å². The number of nitrogens with one attached hydrogen (secondary N) is 3. The van der Waals surface area contributed by atoms with Gasteiger partial charge in [-0.1, -0.05) is 12.1 Å². The summed E-state index contributed by atoms with van der Waals surface area (Å²) in [6.45, 7) is 3.51. The number of benzene rings is 2. The van der Waals surface area contributed by atoms with E-state index in [4.69, 9.17) is 4.74 Å². The minimum atomic E-state index is -0.265. The van der Waals surface area contributed by atoms with Gasteiger partial charge in [0.2, 0.25) is 5.91 Å². The molecule has 3 aromatic rings. The van der Waals surface area contributed by atoms with Gasteiger partial charge in [-0.3, -0.25) is 9.69 Å². The van der Waals surface area contributed by atoms with Crippen LogP contribution >= 0.6 is 0 Å². The maximum atomic E-state index is 12.2. The molecule has 2 aromatic carbocycles. The predicted octanol–water partition coefficient (Wildman–Crippen LogP) is 2.33. The number of nitrogens with zero attached hydrogens (tertiary/aromatic N) is 1. The molecule has 136 valence electrons. The van der Waals surface area contributed by atoms with Crippen LogP contribution in [0.5, 0.6) is 5.75 Å². The number of ether oxygens (including phenoxy) is 1. The van der Waals surface area contributed by atoms with Crippen LogP contribution < -0.4 is 15.7 Å². The van der Waals surface area contributed by atoms with Crippen LogP contribution in [-0.4, -0.2) is 41.0 Å². The molecule has 0 radical (unpaired) electrons. The largest absolute Gasteiger partial charge is 0.494 e. The third kappa shape index (κ3) is 4.52. The van der Waals surface area contributed by atoms with Crippen molar-refractivity contribution in [3.8, 4) is 5.75 Å². The Hall–Kier alpha value is -3.06. The molecule has 0 saturated heterocycles. The number of amides is 1. The van der Waals surface area contributed by atoms with E-state index >= 15 is 0 Å². The van der Waals surface area contributed by atoms with Crippen molar-refractivity contribution in [2.24, 2.45) is 0 Å². The van der Waals surface area contributed by atoms with Crippen molar-refractivity contribution in [2.45, 2.75) is 13.5 Å². The van der Waals surface area contributed by atoms with Crippen LogP contribution in [0.2, 0.25) is 0 Å². The first-order chi connectivity index (χ1) is 12.5. The molecule has 0 spiro atoms. The van der Waals surface area contributed by atoms with Crippen LogP contribution in [0.3, 0.4) is 0 Å². The highest BCUT2D eigenvalue weighted by Gasteiger charge is 2.09. The average Bonchev–Trinajstić information content (AvgIpc) is 2.96. The average molecular weight is 354 g/mol. The Morgan fingerprint density at radius 1 is 1.12 bits per heavy atom.